The summed E-state index contributed by atoms with van der Waals surface area (Å²) in [6.45, 7) is -0.612. The molecule has 0 amide bonds. The number of aliphatic carboxylic acids is 1. The number of hydrogen-bond donors (Lipinski definition) is 5. The van der Waals surface area contributed by atoms with Crippen molar-refractivity contribution in [2.75, 3.05) is 13.4 Å². The van der Waals surface area contributed by atoms with Gasteiger partial charge in [0.1, 0.15) is 30.2 Å². The molecule has 1 aromatic rings. The number of hydrogen-bond acceptors (Lipinski definition) is 9. The van der Waals surface area contributed by atoms with Gasteiger partial charge < -0.3 is 44.5 Å². The lowest BCUT2D eigenvalue weighted by atomic mass is 9.99. The van der Waals surface area contributed by atoms with Crippen LogP contribution in [-0.2, 0) is 9.53 Å². The Kier molecular flexibility index (Phi) is 5.30. The molecule has 26 heavy (non-hydrogen) atoms. The van der Waals surface area contributed by atoms with Crippen LogP contribution in [0.3, 0.4) is 0 Å². The van der Waals surface area contributed by atoms with Crippen molar-refractivity contribution in [3.8, 4) is 17.2 Å². The van der Waals surface area contributed by atoms with Gasteiger partial charge in [0.05, 0.1) is 6.61 Å². The molecule has 0 unspecified atom stereocenters. The Morgan fingerprint density at radius 3 is 2.50 bits per heavy atom. The Morgan fingerprint density at radius 2 is 1.85 bits per heavy atom. The standard InChI is InChI=1S/C16H18O10/c17-5-11-13(20)14(21)15(22)16(26-11)25-8-4-10-9(23-6-24-10)3-7(8)1-2-12(18)19/h1-4,11,13-17,20-22H,5-6H2,(H,18,19)/b2-1-/t11-,13-,14+,15-,16-/m1/s1. The third-order valence-electron chi connectivity index (χ3n) is 4.00. The highest BCUT2D eigenvalue weighted by molar-refractivity contribution is 5.86. The molecule has 1 saturated heterocycles. The van der Waals surface area contributed by atoms with Gasteiger partial charge in [0.25, 0.3) is 0 Å². The highest BCUT2D eigenvalue weighted by atomic mass is 16.7. The maximum atomic E-state index is 10.8. The molecule has 2 heterocycles. The minimum atomic E-state index is -1.60. The molecule has 5 atom stereocenters. The number of carboxylic acid groups (broad SMARTS) is 1. The lowest BCUT2D eigenvalue weighted by Gasteiger charge is -2.39. The molecule has 0 spiro atoms. The van der Waals surface area contributed by atoms with Crippen molar-refractivity contribution in [1.82, 2.24) is 0 Å². The van der Waals surface area contributed by atoms with Crippen LogP contribution in [-0.4, -0.2) is 75.6 Å². The summed E-state index contributed by atoms with van der Waals surface area (Å²) >= 11 is 0. The first-order valence-corrected chi connectivity index (χ1v) is 7.72. The Morgan fingerprint density at radius 1 is 1.15 bits per heavy atom. The molecular formula is C16H18O10. The van der Waals surface area contributed by atoms with Crippen LogP contribution in [0, 0.1) is 0 Å². The van der Waals surface area contributed by atoms with E-state index < -0.39 is 43.3 Å². The van der Waals surface area contributed by atoms with Crippen LogP contribution >= 0.6 is 0 Å². The zero-order valence-corrected chi connectivity index (χ0v) is 13.4. The van der Waals surface area contributed by atoms with Gasteiger partial charge in [0.2, 0.25) is 13.1 Å². The van der Waals surface area contributed by atoms with E-state index in [-0.39, 0.29) is 12.5 Å². The third-order valence-corrected chi connectivity index (χ3v) is 4.00. The SMILES string of the molecule is O=C(O)/C=C\c1cc2c(cc1O[C@@H]1O[C@H](CO)[C@@H](O)[C@H](O)[C@H]1O)OCO2. The first-order chi connectivity index (χ1) is 12.4. The van der Waals surface area contributed by atoms with E-state index in [1.807, 2.05) is 0 Å². The number of carbonyl (C=O) groups is 1. The van der Waals surface area contributed by atoms with Crippen molar-refractivity contribution in [3.05, 3.63) is 23.8 Å². The fraction of sp³-hybridized carbons (Fsp3) is 0.438. The van der Waals surface area contributed by atoms with Crippen LogP contribution in [0.2, 0.25) is 0 Å². The van der Waals surface area contributed by atoms with Gasteiger partial charge in [-0.1, -0.05) is 0 Å². The molecule has 0 aromatic heterocycles. The summed E-state index contributed by atoms with van der Waals surface area (Å²) in [6, 6.07) is 2.91. The summed E-state index contributed by atoms with van der Waals surface area (Å²) in [7, 11) is 0. The second kappa shape index (κ2) is 7.48. The van der Waals surface area contributed by atoms with Gasteiger partial charge in [-0.2, -0.15) is 0 Å². The van der Waals surface area contributed by atoms with Crippen LogP contribution in [0.4, 0.5) is 0 Å². The molecule has 0 bridgehead atoms. The van der Waals surface area contributed by atoms with E-state index in [2.05, 4.69) is 0 Å². The van der Waals surface area contributed by atoms with Crippen molar-refractivity contribution in [2.24, 2.45) is 0 Å². The number of rotatable bonds is 5. The zero-order valence-electron chi connectivity index (χ0n) is 13.4. The van der Waals surface area contributed by atoms with Crippen LogP contribution in [0.25, 0.3) is 6.08 Å². The van der Waals surface area contributed by atoms with E-state index in [0.29, 0.717) is 17.1 Å². The monoisotopic (exact) mass is 370 g/mol. The smallest absolute Gasteiger partial charge is 0.328 e. The normalized spacial score (nSPS) is 30.5. The van der Waals surface area contributed by atoms with Gasteiger partial charge in [-0.25, -0.2) is 4.79 Å². The van der Waals surface area contributed by atoms with Gasteiger partial charge in [-0.3, -0.25) is 0 Å². The van der Waals surface area contributed by atoms with E-state index in [9.17, 15) is 25.2 Å². The summed E-state index contributed by atoms with van der Waals surface area (Å²) in [5, 5.41) is 47.8. The van der Waals surface area contributed by atoms with Crippen molar-refractivity contribution in [3.63, 3.8) is 0 Å². The molecule has 5 N–H and O–H groups in total. The van der Waals surface area contributed by atoms with Gasteiger partial charge in [-0.15, -0.1) is 0 Å². The fourth-order valence-corrected chi connectivity index (χ4v) is 2.62. The van der Waals surface area contributed by atoms with Gasteiger partial charge in [0, 0.05) is 17.7 Å². The molecule has 142 valence electrons. The van der Waals surface area contributed by atoms with Crippen molar-refractivity contribution in [2.45, 2.75) is 30.7 Å². The molecule has 1 fully saturated rings. The number of benzene rings is 1. The highest BCUT2D eigenvalue weighted by Gasteiger charge is 2.45. The molecule has 0 radical (unpaired) electrons. The predicted octanol–water partition coefficient (Wildman–Crippen LogP) is -1.31. The number of ether oxygens (including phenoxy) is 4. The van der Waals surface area contributed by atoms with Crippen LogP contribution < -0.4 is 14.2 Å². The second-order valence-electron chi connectivity index (χ2n) is 5.73. The zero-order chi connectivity index (χ0) is 18.8. The topological polar surface area (TPSA) is 155 Å². The maximum Gasteiger partial charge on any atom is 0.328 e. The Hall–Kier alpha value is -2.37. The summed E-state index contributed by atoms with van der Waals surface area (Å²) in [6.07, 6.45) is -5.12. The van der Waals surface area contributed by atoms with Crippen molar-refractivity contribution < 1.29 is 49.3 Å². The molecule has 3 rings (SSSR count). The number of aliphatic hydroxyl groups is 4. The third kappa shape index (κ3) is 3.59. The largest absolute Gasteiger partial charge is 0.478 e. The number of carboxylic acids is 1. The molecule has 10 nitrogen and oxygen atoms in total. The average molecular weight is 370 g/mol. The summed E-state index contributed by atoms with van der Waals surface area (Å²) in [5.41, 5.74) is 0.300. The number of aliphatic hydroxyl groups excluding tert-OH is 4. The van der Waals surface area contributed by atoms with E-state index >= 15 is 0 Å². The lowest BCUT2D eigenvalue weighted by molar-refractivity contribution is -0.277. The van der Waals surface area contributed by atoms with Gasteiger partial charge in [-0.05, 0) is 12.1 Å². The summed E-state index contributed by atoms with van der Waals surface area (Å²) in [5.74, 6) is -0.356. The molecule has 2 aliphatic heterocycles. The minimum Gasteiger partial charge on any atom is -0.478 e. The van der Waals surface area contributed by atoms with Crippen molar-refractivity contribution >= 4 is 12.0 Å². The quantitative estimate of drug-likeness (QED) is 0.395. The number of fused-ring (bicyclic) bond motifs is 1. The maximum absolute atomic E-state index is 10.8. The van der Waals surface area contributed by atoms with E-state index in [1.54, 1.807) is 0 Å². The lowest BCUT2D eigenvalue weighted by Crippen LogP contribution is -2.60. The van der Waals surface area contributed by atoms with E-state index in [4.69, 9.17) is 24.1 Å². The molecule has 0 aliphatic carbocycles. The first-order valence-electron chi connectivity index (χ1n) is 7.72. The molecule has 10 heteroatoms. The van der Waals surface area contributed by atoms with E-state index in [0.717, 1.165) is 6.08 Å². The van der Waals surface area contributed by atoms with Gasteiger partial charge >= 0.3 is 5.97 Å². The average Bonchev–Trinajstić information content (AvgIpc) is 3.07. The Labute approximate surface area is 147 Å². The Balaban J connectivity index is 1.89. The molecule has 1 aromatic carbocycles. The van der Waals surface area contributed by atoms with Crippen molar-refractivity contribution in [1.29, 1.82) is 0 Å². The Bertz CT molecular complexity index is 701. The minimum absolute atomic E-state index is 0.0130. The van der Waals surface area contributed by atoms with Gasteiger partial charge in [0.15, 0.2) is 11.5 Å². The highest BCUT2D eigenvalue weighted by Crippen LogP contribution is 2.39. The molecule has 2 aliphatic rings. The second-order valence-corrected chi connectivity index (χ2v) is 5.73. The summed E-state index contributed by atoms with van der Waals surface area (Å²) < 4.78 is 21.3. The van der Waals surface area contributed by atoms with Crippen LogP contribution in [0.15, 0.2) is 18.2 Å². The van der Waals surface area contributed by atoms with Crippen LogP contribution in [0.5, 0.6) is 17.2 Å². The summed E-state index contributed by atoms with van der Waals surface area (Å²) in [4.78, 5) is 10.8. The first kappa shape index (κ1) is 18.4. The fourth-order valence-electron chi connectivity index (χ4n) is 2.62. The van der Waals surface area contributed by atoms with Crippen LogP contribution in [0.1, 0.15) is 5.56 Å². The van der Waals surface area contributed by atoms with E-state index in [1.165, 1.54) is 18.2 Å². The molecule has 0 saturated carbocycles. The molecular weight excluding hydrogens is 352 g/mol. The predicted molar refractivity (Wildman–Crippen MR) is 83.6 cm³/mol.